The third-order valence-corrected chi connectivity index (χ3v) is 2.29. The molecule has 0 spiro atoms. The van der Waals surface area contributed by atoms with Crippen molar-refractivity contribution in [3.8, 4) is 0 Å². The number of hydrogen-bond acceptors (Lipinski definition) is 3. The Morgan fingerprint density at radius 2 is 2.21 bits per heavy atom. The van der Waals surface area contributed by atoms with Crippen molar-refractivity contribution >= 4 is 0 Å². The predicted molar refractivity (Wildman–Crippen MR) is 56.7 cm³/mol. The van der Waals surface area contributed by atoms with Crippen LogP contribution in [-0.4, -0.2) is 21.5 Å². The van der Waals surface area contributed by atoms with Gasteiger partial charge in [-0.05, 0) is 31.2 Å². The van der Waals surface area contributed by atoms with Gasteiger partial charge in [0.2, 0.25) is 0 Å². The average molecular weight is 196 g/mol. The fourth-order valence-corrected chi connectivity index (χ4v) is 1.71. The normalized spacial score (nSPS) is 13.5. The third kappa shape index (κ3) is 3.46. The molecular weight excluding hydrogens is 176 g/mol. The molecule has 0 aromatic carbocycles. The van der Waals surface area contributed by atoms with Crippen LogP contribution >= 0.6 is 0 Å². The van der Waals surface area contributed by atoms with Crippen molar-refractivity contribution in [2.24, 2.45) is 24.6 Å². The van der Waals surface area contributed by atoms with Gasteiger partial charge in [-0.3, -0.25) is 4.68 Å². The number of aryl methyl sites for hydroxylation is 1. The quantitative estimate of drug-likeness (QED) is 0.763. The monoisotopic (exact) mass is 196 g/mol. The van der Waals surface area contributed by atoms with E-state index in [1.54, 1.807) is 4.68 Å². The Labute approximate surface area is 85.5 Å². The highest BCUT2D eigenvalue weighted by molar-refractivity contribution is 4.94. The van der Waals surface area contributed by atoms with Gasteiger partial charge in [0.15, 0.2) is 0 Å². The first-order valence-electron chi connectivity index (χ1n) is 5.17. The van der Waals surface area contributed by atoms with Crippen LogP contribution in [0, 0.1) is 11.8 Å². The second kappa shape index (κ2) is 5.10. The zero-order valence-electron chi connectivity index (χ0n) is 9.27. The van der Waals surface area contributed by atoms with Crippen LogP contribution in [0.1, 0.15) is 26.0 Å². The van der Waals surface area contributed by atoms with Crippen molar-refractivity contribution in [3.63, 3.8) is 0 Å². The Morgan fingerprint density at radius 3 is 2.64 bits per heavy atom. The molecule has 2 N–H and O–H groups in total. The minimum Gasteiger partial charge on any atom is -0.330 e. The highest BCUT2D eigenvalue weighted by Gasteiger charge is 2.11. The Bertz CT molecular complexity index is 267. The van der Waals surface area contributed by atoms with E-state index in [0.29, 0.717) is 11.8 Å². The summed E-state index contributed by atoms with van der Waals surface area (Å²) < 4.78 is 1.73. The summed E-state index contributed by atoms with van der Waals surface area (Å²) in [4.78, 5) is 0. The van der Waals surface area contributed by atoms with E-state index in [0.717, 1.165) is 25.1 Å². The van der Waals surface area contributed by atoms with Crippen LogP contribution in [0.3, 0.4) is 0 Å². The highest BCUT2D eigenvalue weighted by Crippen LogP contribution is 2.14. The molecule has 1 heterocycles. The number of rotatable bonds is 5. The smallest absolute Gasteiger partial charge is 0.0830 e. The summed E-state index contributed by atoms with van der Waals surface area (Å²) >= 11 is 0. The van der Waals surface area contributed by atoms with Crippen molar-refractivity contribution in [2.75, 3.05) is 6.54 Å². The molecule has 1 atom stereocenters. The van der Waals surface area contributed by atoms with E-state index in [1.165, 1.54) is 0 Å². The molecule has 0 fully saturated rings. The molecule has 0 aliphatic heterocycles. The van der Waals surface area contributed by atoms with Gasteiger partial charge in [0, 0.05) is 13.2 Å². The molecule has 1 unspecified atom stereocenters. The summed E-state index contributed by atoms with van der Waals surface area (Å²) in [7, 11) is 1.89. The molecular formula is C10H20N4. The second-order valence-corrected chi connectivity index (χ2v) is 4.32. The second-order valence-electron chi connectivity index (χ2n) is 4.32. The molecule has 0 radical (unpaired) electrons. The zero-order chi connectivity index (χ0) is 10.6. The molecule has 14 heavy (non-hydrogen) atoms. The maximum atomic E-state index is 5.72. The summed E-state index contributed by atoms with van der Waals surface area (Å²) in [6, 6.07) is 0. The Balaban J connectivity index is 2.48. The van der Waals surface area contributed by atoms with E-state index >= 15 is 0 Å². The Kier molecular flexibility index (Phi) is 4.07. The molecule has 4 heteroatoms. The fourth-order valence-electron chi connectivity index (χ4n) is 1.71. The molecule has 1 rings (SSSR count). The molecule has 4 nitrogen and oxygen atoms in total. The maximum Gasteiger partial charge on any atom is 0.0830 e. The predicted octanol–water partition coefficient (Wildman–Crippen LogP) is 0.979. The molecule has 0 saturated carbocycles. The van der Waals surface area contributed by atoms with Gasteiger partial charge in [0.25, 0.3) is 0 Å². The van der Waals surface area contributed by atoms with E-state index in [-0.39, 0.29) is 0 Å². The summed E-state index contributed by atoms with van der Waals surface area (Å²) in [6.45, 7) is 5.17. The first kappa shape index (κ1) is 11.2. The third-order valence-electron chi connectivity index (χ3n) is 2.29. The number of hydrogen-bond donors (Lipinski definition) is 1. The van der Waals surface area contributed by atoms with Crippen molar-refractivity contribution < 1.29 is 0 Å². The van der Waals surface area contributed by atoms with E-state index < -0.39 is 0 Å². The van der Waals surface area contributed by atoms with Crippen LogP contribution in [-0.2, 0) is 13.5 Å². The summed E-state index contributed by atoms with van der Waals surface area (Å²) in [5.41, 5.74) is 6.77. The lowest BCUT2D eigenvalue weighted by molar-refractivity contribution is 0.412. The maximum absolute atomic E-state index is 5.72. The Hall–Kier alpha value is -0.900. The van der Waals surface area contributed by atoms with E-state index in [4.69, 9.17) is 5.73 Å². The van der Waals surface area contributed by atoms with Gasteiger partial charge in [-0.15, -0.1) is 5.10 Å². The van der Waals surface area contributed by atoms with Crippen molar-refractivity contribution in [1.29, 1.82) is 0 Å². The zero-order valence-corrected chi connectivity index (χ0v) is 9.27. The topological polar surface area (TPSA) is 56.7 Å². The summed E-state index contributed by atoms with van der Waals surface area (Å²) in [5.74, 6) is 1.23. The van der Waals surface area contributed by atoms with Crippen LogP contribution in [0.4, 0.5) is 0 Å². The first-order chi connectivity index (χ1) is 6.61. The van der Waals surface area contributed by atoms with Gasteiger partial charge in [-0.2, -0.15) is 0 Å². The first-order valence-corrected chi connectivity index (χ1v) is 5.17. The fraction of sp³-hybridized carbons (Fsp3) is 0.800. The highest BCUT2D eigenvalue weighted by atomic mass is 15.4. The molecule has 0 aliphatic carbocycles. The molecule has 1 aromatic rings. The number of aromatic nitrogens is 3. The van der Waals surface area contributed by atoms with Crippen molar-refractivity contribution in [2.45, 2.75) is 26.7 Å². The number of nitrogens with zero attached hydrogens (tertiary/aromatic N) is 3. The SMILES string of the molecule is CC(C)CC(CN)Cc1cn(C)nn1. The van der Waals surface area contributed by atoms with Gasteiger partial charge in [-0.25, -0.2) is 0 Å². The van der Waals surface area contributed by atoms with Crippen LogP contribution in [0.25, 0.3) is 0 Å². The minimum absolute atomic E-state index is 0.534. The summed E-state index contributed by atoms with van der Waals surface area (Å²) in [6.07, 6.45) is 4.07. The lowest BCUT2D eigenvalue weighted by Crippen LogP contribution is -2.19. The van der Waals surface area contributed by atoms with E-state index in [1.807, 2.05) is 13.2 Å². The van der Waals surface area contributed by atoms with Crippen molar-refractivity contribution in [3.05, 3.63) is 11.9 Å². The van der Waals surface area contributed by atoms with Crippen LogP contribution in [0.5, 0.6) is 0 Å². The van der Waals surface area contributed by atoms with Crippen LogP contribution < -0.4 is 5.73 Å². The lowest BCUT2D eigenvalue weighted by Gasteiger charge is -2.15. The van der Waals surface area contributed by atoms with Gasteiger partial charge in [0.05, 0.1) is 5.69 Å². The van der Waals surface area contributed by atoms with Gasteiger partial charge >= 0.3 is 0 Å². The minimum atomic E-state index is 0.534. The Morgan fingerprint density at radius 1 is 1.50 bits per heavy atom. The molecule has 1 aromatic heterocycles. The summed E-state index contributed by atoms with van der Waals surface area (Å²) in [5, 5.41) is 7.98. The van der Waals surface area contributed by atoms with Gasteiger partial charge in [0.1, 0.15) is 0 Å². The average Bonchev–Trinajstić information content (AvgIpc) is 2.49. The molecule has 80 valence electrons. The molecule has 0 bridgehead atoms. The van der Waals surface area contributed by atoms with E-state index in [9.17, 15) is 0 Å². The van der Waals surface area contributed by atoms with Gasteiger partial charge in [-0.1, -0.05) is 19.1 Å². The van der Waals surface area contributed by atoms with E-state index in [2.05, 4.69) is 24.2 Å². The number of nitrogens with two attached hydrogens (primary N) is 1. The lowest BCUT2D eigenvalue weighted by atomic mass is 9.93. The molecule has 0 saturated heterocycles. The standard InChI is InChI=1S/C10H20N4/c1-8(2)4-9(6-11)5-10-7-14(3)13-12-10/h7-9H,4-6,11H2,1-3H3. The largest absolute Gasteiger partial charge is 0.330 e. The molecule has 0 amide bonds. The van der Waals surface area contributed by atoms with Crippen LogP contribution in [0.2, 0.25) is 0 Å². The van der Waals surface area contributed by atoms with Crippen LogP contribution in [0.15, 0.2) is 6.20 Å². The van der Waals surface area contributed by atoms with Crippen molar-refractivity contribution in [1.82, 2.24) is 15.0 Å². The molecule has 0 aliphatic rings. The van der Waals surface area contributed by atoms with Gasteiger partial charge < -0.3 is 5.73 Å².